The first kappa shape index (κ1) is 17.5. The highest BCUT2D eigenvalue weighted by atomic mass is 35.5. The number of nitrogens with zero attached hydrogens (tertiary/aromatic N) is 1. The van der Waals surface area contributed by atoms with Crippen LogP contribution in [-0.2, 0) is 25.7 Å². The number of rotatable bonds is 4. The van der Waals surface area contributed by atoms with Crippen molar-refractivity contribution < 1.29 is 19.1 Å². The Morgan fingerprint density at radius 2 is 1.93 bits per heavy atom. The van der Waals surface area contributed by atoms with E-state index in [1.54, 1.807) is 18.2 Å². The number of allylic oxidation sites excluding steroid dienone is 2. The van der Waals surface area contributed by atoms with E-state index in [0.717, 1.165) is 16.7 Å². The number of hydrogen-bond donors (Lipinski definition) is 1. The molecule has 2 amide bonds. The van der Waals surface area contributed by atoms with E-state index in [4.69, 9.17) is 16.3 Å². The second-order valence-electron chi connectivity index (χ2n) is 6.64. The largest absolute Gasteiger partial charge is 0.484 e. The number of imide groups is 1. The average Bonchev–Trinajstić information content (AvgIpc) is 3.06. The molecule has 1 aromatic rings. The number of ketones is 1. The number of hydrogen-bond acceptors (Lipinski definition) is 5. The third-order valence-electron chi connectivity index (χ3n) is 4.81. The van der Waals surface area contributed by atoms with Crippen LogP contribution in [0.1, 0.15) is 18.4 Å². The molecule has 1 fully saturated rings. The van der Waals surface area contributed by atoms with Gasteiger partial charge in [-0.05, 0) is 41.8 Å². The zero-order valence-corrected chi connectivity index (χ0v) is 15.2. The van der Waals surface area contributed by atoms with E-state index in [-0.39, 0.29) is 24.2 Å². The van der Waals surface area contributed by atoms with Crippen molar-refractivity contribution in [2.45, 2.75) is 25.5 Å². The van der Waals surface area contributed by atoms with Crippen LogP contribution in [0.5, 0.6) is 0 Å². The molecule has 0 saturated carbocycles. The molecule has 1 aromatic carbocycles. The van der Waals surface area contributed by atoms with E-state index in [9.17, 15) is 14.4 Å². The molecule has 138 valence electrons. The molecular weight excluding hydrogens is 368 g/mol. The molecule has 7 heteroatoms. The van der Waals surface area contributed by atoms with Crippen LogP contribution < -0.4 is 5.32 Å². The van der Waals surface area contributed by atoms with Crippen LogP contribution in [0.4, 0.5) is 0 Å². The number of nitrogens with one attached hydrogen (secondary N) is 1. The molecule has 1 N–H and O–H groups in total. The smallest absolute Gasteiger partial charge is 0.249 e. The Hall–Kier alpha value is -2.86. The van der Waals surface area contributed by atoms with Crippen LogP contribution in [0.2, 0.25) is 5.02 Å². The lowest BCUT2D eigenvalue weighted by atomic mass is 10.00. The fourth-order valence-corrected chi connectivity index (χ4v) is 3.53. The summed E-state index contributed by atoms with van der Waals surface area (Å²) < 4.78 is 5.83. The number of halogens is 1. The zero-order valence-electron chi connectivity index (χ0n) is 14.4. The molecule has 1 unspecified atom stereocenters. The molecule has 2 aliphatic heterocycles. The van der Waals surface area contributed by atoms with Crippen molar-refractivity contribution in [2.24, 2.45) is 0 Å². The van der Waals surface area contributed by atoms with Gasteiger partial charge in [-0.25, -0.2) is 0 Å². The maximum atomic E-state index is 12.3. The predicted molar refractivity (Wildman–Crippen MR) is 98.4 cm³/mol. The van der Waals surface area contributed by atoms with Gasteiger partial charge >= 0.3 is 0 Å². The number of carbonyl (C=O) groups excluding carboxylic acids is 3. The van der Waals surface area contributed by atoms with Gasteiger partial charge in [-0.1, -0.05) is 23.7 Å². The van der Waals surface area contributed by atoms with Crippen molar-refractivity contribution in [3.05, 3.63) is 70.1 Å². The van der Waals surface area contributed by atoms with Gasteiger partial charge in [0.1, 0.15) is 12.6 Å². The van der Waals surface area contributed by atoms with E-state index in [2.05, 4.69) is 5.32 Å². The quantitative estimate of drug-likeness (QED) is 0.806. The first-order valence-electron chi connectivity index (χ1n) is 8.66. The second-order valence-corrected chi connectivity index (χ2v) is 7.08. The molecule has 27 heavy (non-hydrogen) atoms. The fourth-order valence-electron chi connectivity index (χ4n) is 3.41. The molecular formula is C20H17ClN2O4. The highest BCUT2D eigenvalue weighted by Crippen LogP contribution is 2.32. The Kier molecular flexibility index (Phi) is 4.58. The number of carbonyl (C=O) groups is 3. The molecule has 4 rings (SSSR count). The van der Waals surface area contributed by atoms with Gasteiger partial charge in [-0.3, -0.25) is 19.7 Å². The van der Waals surface area contributed by atoms with E-state index < -0.39 is 6.04 Å². The third kappa shape index (κ3) is 3.53. The Morgan fingerprint density at radius 1 is 1.15 bits per heavy atom. The Balaban J connectivity index is 1.53. The van der Waals surface area contributed by atoms with Crippen molar-refractivity contribution in [3.8, 4) is 0 Å². The Morgan fingerprint density at radius 3 is 2.67 bits per heavy atom. The summed E-state index contributed by atoms with van der Waals surface area (Å²) in [6, 6.07) is 6.81. The Bertz CT molecular complexity index is 914. The van der Waals surface area contributed by atoms with E-state index in [0.29, 0.717) is 30.2 Å². The normalized spacial score (nSPS) is 22.0. The summed E-state index contributed by atoms with van der Waals surface area (Å²) in [5.41, 5.74) is 2.52. The van der Waals surface area contributed by atoms with Crippen molar-refractivity contribution in [2.75, 3.05) is 6.54 Å². The maximum absolute atomic E-state index is 12.3. The van der Waals surface area contributed by atoms with Crippen LogP contribution in [-0.4, -0.2) is 35.1 Å². The van der Waals surface area contributed by atoms with Crippen LogP contribution in [0, 0.1) is 0 Å². The lowest BCUT2D eigenvalue weighted by molar-refractivity contribution is -0.136. The molecule has 0 aromatic heterocycles. The summed E-state index contributed by atoms with van der Waals surface area (Å²) in [5.74, 6) is -0.446. The van der Waals surface area contributed by atoms with Crippen LogP contribution in [0.3, 0.4) is 0 Å². The number of piperidine rings is 1. The van der Waals surface area contributed by atoms with Gasteiger partial charge < -0.3 is 9.64 Å². The number of fused-ring (bicyclic) bond motifs is 1. The monoisotopic (exact) mass is 384 g/mol. The highest BCUT2D eigenvalue weighted by Gasteiger charge is 2.36. The van der Waals surface area contributed by atoms with Gasteiger partial charge in [0.15, 0.2) is 5.76 Å². The zero-order chi connectivity index (χ0) is 19.0. The summed E-state index contributed by atoms with van der Waals surface area (Å²) in [7, 11) is 0. The summed E-state index contributed by atoms with van der Waals surface area (Å²) in [6.45, 7) is 0.648. The summed E-state index contributed by atoms with van der Waals surface area (Å²) in [4.78, 5) is 37.7. The van der Waals surface area contributed by atoms with Crippen molar-refractivity contribution in [3.63, 3.8) is 0 Å². The van der Waals surface area contributed by atoms with Crippen LogP contribution in [0.15, 0.2) is 59.5 Å². The highest BCUT2D eigenvalue weighted by molar-refractivity contribution is 6.30. The van der Waals surface area contributed by atoms with Gasteiger partial charge in [0, 0.05) is 29.8 Å². The molecule has 2 heterocycles. The van der Waals surface area contributed by atoms with Gasteiger partial charge in [-0.15, -0.1) is 0 Å². The molecule has 6 nitrogen and oxygen atoms in total. The molecule has 1 atom stereocenters. The average molecular weight is 385 g/mol. The van der Waals surface area contributed by atoms with Gasteiger partial charge in [0.05, 0.1) is 0 Å². The van der Waals surface area contributed by atoms with Gasteiger partial charge in [0.25, 0.3) is 0 Å². The SMILES string of the molecule is O=C1CCC(N2C=C3C=CC(=O)C(OCc4ccc(Cl)cc4)=C3C2)C(=O)N1. The van der Waals surface area contributed by atoms with Crippen molar-refractivity contribution in [1.82, 2.24) is 10.2 Å². The molecule has 0 spiro atoms. The second kappa shape index (κ2) is 7.04. The number of benzene rings is 1. The molecule has 1 aliphatic carbocycles. The van der Waals surface area contributed by atoms with Gasteiger partial charge in [-0.2, -0.15) is 0 Å². The number of amides is 2. The van der Waals surface area contributed by atoms with E-state index in [1.807, 2.05) is 23.2 Å². The van der Waals surface area contributed by atoms with Crippen molar-refractivity contribution >= 4 is 29.2 Å². The standard InChI is InChI=1S/C20H17ClN2O4/c21-14-4-1-12(2-5-14)11-27-19-15-10-23(9-13(15)3-7-17(19)24)16-6-8-18(25)22-20(16)26/h1-5,7,9,16H,6,8,10-11H2,(H,22,25,26). The molecule has 0 bridgehead atoms. The van der Waals surface area contributed by atoms with Crippen LogP contribution >= 0.6 is 11.6 Å². The first-order chi connectivity index (χ1) is 13.0. The lowest BCUT2D eigenvalue weighted by Crippen LogP contribution is -2.50. The molecule has 3 aliphatic rings. The topological polar surface area (TPSA) is 75.7 Å². The van der Waals surface area contributed by atoms with Gasteiger partial charge in [0.2, 0.25) is 17.6 Å². The summed E-state index contributed by atoms with van der Waals surface area (Å²) in [5, 5.41) is 3.00. The van der Waals surface area contributed by atoms with Crippen molar-refractivity contribution in [1.29, 1.82) is 0 Å². The summed E-state index contributed by atoms with van der Waals surface area (Å²) in [6.07, 6.45) is 5.83. The fraction of sp³-hybridized carbons (Fsp3) is 0.250. The minimum Gasteiger partial charge on any atom is -0.484 e. The van der Waals surface area contributed by atoms with Crippen LogP contribution in [0.25, 0.3) is 0 Å². The third-order valence-corrected chi connectivity index (χ3v) is 5.07. The van der Waals surface area contributed by atoms with E-state index in [1.165, 1.54) is 6.08 Å². The molecule has 1 saturated heterocycles. The summed E-state index contributed by atoms with van der Waals surface area (Å²) >= 11 is 5.89. The minimum atomic E-state index is -0.422. The number of ether oxygens (including phenoxy) is 1. The predicted octanol–water partition coefficient (Wildman–Crippen LogP) is 2.25. The first-order valence-corrected chi connectivity index (χ1v) is 9.03. The Labute approximate surface area is 161 Å². The maximum Gasteiger partial charge on any atom is 0.249 e. The molecule has 0 radical (unpaired) electrons. The van der Waals surface area contributed by atoms with E-state index >= 15 is 0 Å². The minimum absolute atomic E-state index is 0.193. The lowest BCUT2D eigenvalue weighted by Gasteiger charge is -2.29.